The predicted molar refractivity (Wildman–Crippen MR) is 70.4 cm³/mol. The van der Waals surface area contributed by atoms with Crippen molar-refractivity contribution in [2.75, 3.05) is 30.5 Å². The summed E-state index contributed by atoms with van der Waals surface area (Å²) in [5.41, 5.74) is 0. The summed E-state index contributed by atoms with van der Waals surface area (Å²) in [7, 11) is 0. The second-order valence-electron chi connectivity index (χ2n) is 3.40. The van der Waals surface area contributed by atoms with E-state index in [-0.39, 0.29) is 19.1 Å². The maximum atomic E-state index is 11.1. The topological polar surface area (TPSA) is 107 Å². The lowest BCUT2D eigenvalue weighted by Gasteiger charge is -2.22. The van der Waals surface area contributed by atoms with Gasteiger partial charge in [-0.3, -0.25) is 13.3 Å². The number of rotatable bonds is 8. The van der Waals surface area contributed by atoms with Crippen LogP contribution in [0.2, 0.25) is 0 Å². The number of carbonyl (C=O) groups is 1. The molecular weight excluding hydrogens is 292 g/mol. The number of ether oxygens (including phenoxy) is 1. The molecule has 0 amide bonds. The summed E-state index contributed by atoms with van der Waals surface area (Å²) in [5.74, 6) is -0.371. The molecule has 0 aromatic carbocycles. The zero-order valence-electron chi connectivity index (χ0n) is 10.6. The lowest BCUT2D eigenvalue weighted by Crippen LogP contribution is -2.35. The lowest BCUT2D eigenvalue weighted by atomic mass is 10.5. The number of hydrogen-bond acceptors (Lipinski definition) is 8. The highest BCUT2D eigenvalue weighted by Gasteiger charge is 2.12. The van der Waals surface area contributed by atoms with Gasteiger partial charge in [0.1, 0.15) is 5.01 Å². The first-order valence-electron chi connectivity index (χ1n) is 5.58. The molecule has 0 aliphatic heterocycles. The van der Waals surface area contributed by atoms with E-state index in [4.69, 9.17) is 4.74 Å². The fourth-order valence-electron chi connectivity index (χ4n) is 1.20. The molecule has 1 rings (SSSR count). The van der Waals surface area contributed by atoms with Crippen molar-refractivity contribution in [3.63, 3.8) is 0 Å². The second-order valence-corrected chi connectivity index (χ2v) is 5.44. The van der Waals surface area contributed by atoms with E-state index in [9.17, 15) is 13.6 Å². The van der Waals surface area contributed by atoms with E-state index < -0.39 is 11.3 Å². The molecule has 0 aliphatic rings. The highest BCUT2D eigenvalue weighted by molar-refractivity contribution is 7.80. The van der Waals surface area contributed by atoms with E-state index in [2.05, 4.69) is 15.5 Å². The summed E-state index contributed by atoms with van der Waals surface area (Å²) < 4.78 is 28.0. The normalized spacial score (nSPS) is 12.2. The fraction of sp³-hybridized carbons (Fsp3) is 0.667. The van der Waals surface area contributed by atoms with Gasteiger partial charge in [-0.15, -0.1) is 10.2 Å². The van der Waals surface area contributed by atoms with E-state index in [0.717, 1.165) is 4.31 Å². The van der Waals surface area contributed by atoms with E-state index in [1.807, 2.05) is 0 Å². The average Bonchev–Trinajstić information content (AvgIpc) is 2.75. The van der Waals surface area contributed by atoms with Crippen LogP contribution in [0.5, 0.6) is 0 Å². The average molecular weight is 307 g/mol. The minimum atomic E-state index is -2.42. The first-order valence-corrected chi connectivity index (χ1v) is 7.42. The summed E-state index contributed by atoms with van der Waals surface area (Å²) >= 11 is -1.24. The first-order chi connectivity index (χ1) is 9.04. The third-order valence-electron chi connectivity index (χ3n) is 1.97. The van der Waals surface area contributed by atoms with Gasteiger partial charge in [-0.05, 0) is 13.8 Å². The maximum Gasteiger partial charge on any atom is 0.319 e. The molecule has 1 unspecified atom stereocenters. The van der Waals surface area contributed by atoms with Gasteiger partial charge >= 0.3 is 5.97 Å². The van der Waals surface area contributed by atoms with Crippen molar-refractivity contribution in [1.29, 1.82) is 0 Å². The molecule has 1 N–H and O–H groups in total. The van der Waals surface area contributed by atoms with E-state index in [1.54, 1.807) is 13.8 Å². The number of anilines is 1. The Balaban J connectivity index is 2.39. The smallest absolute Gasteiger partial charge is 0.319 e. The quantitative estimate of drug-likeness (QED) is 0.395. The van der Waals surface area contributed by atoms with Crippen LogP contribution in [0.15, 0.2) is 0 Å². The molecule has 0 spiro atoms. The minimum Gasteiger partial charge on any atom is -0.755 e. The Hall–Kier alpha value is -1.10. The van der Waals surface area contributed by atoms with Gasteiger partial charge in [0.05, 0.1) is 13.2 Å². The van der Waals surface area contributed by atoms with Gasteiger partial charge in [0, 0.05) is 24.4 Å². The van der Waals surface area contributed by atoms with Gasteiger partial charge in [0.25, 0.3) is 0 Å². The summed E-state index contributed by atoms with van der Waals surface area (Å²) in [4.78, 5) is 11.1. The molecule has 0 saturated carbocycles. The molecule has 108 valence electrons. The highest BCUT2D eigenvalue weighted by Crippen LogP contribution is 2.19. The van der Waals surface area contributed by atoms with Gasteiger partial charge in [-0.25, -0.2) is 0 Å². The number of nitrogens with one attached hydrogen (secondary N) is 1. The van der Waals surface area contributed by atoms with Gasteiger partial charge < -0.3 is 14.6 Å². The van der Waals surface area contributed by atoms with E-state index >= 15 is 0 Å². The van der Waals surface area contributed by atoms with Crippen molar-refractivity contribution in [2.45, 2.75) is 13.8 Å². The Kier molecular flexibility index (Phi) is 6.84. The van der Waals surface area contributed by atoms with Crippen molar-refractivity contribution >= 4 is 33.7 Å². The fourth-order valence-corrected chi connectivity index (χ4v) is 2.52. The monoisotopic (exact) mass is 307 g/mol. The van der Waals surface area contributed by atoms with Crippen LogP contribution in [0.25, 0.3) is 0 Å². The van der Waals surface area contributed by atoms with Crippen molar-refractivity contribution < 1.29 is 18.3 Å². The molecule has 1 aromatic heterocycles. The summed E-state index contributed by atoms with van der Waals surface area (Å²) in [6, 6.07) is 0. The first kappa shape index (κ1) is 16.0. The maximum absolute atomic E-state index is 11.1. The zero-order valence-corrected chi connectivity index (χ0v) is 12.3. The van der Waals surface area contributed by atoms with Crippen LogP contribution < -0.4 is 9.62 Å². The number of carbonyl (C=O) groups excluding carboxylic acids is 1. The number of nitrogens with zero attached hydrogens (tertiary/aromatic N) is 3. The van der Waals surface area contributed by atoms with Crippen LogP contribution in [-0.2, 0) is 20.8 Å². The Morgan fingerprint density at radius 3 is 2.84 bits per heavy atom. The number of aryl methyl sites for hydroxylation is 1. The SMILES string of the molecule is CCOC(=O)CNCCN(c1nnc(C)s1)S(=O)[O-]. The largest absolute Gasteiger partial charge is 0.755 e. The molecule has 8 nitrogen and oxygen atoms in total. The van der Waals surface area contributed by atoms with E-state index in [0.29, 0.717) is 23.3 Å². The van der Waals surface area contributed by atoms with Crippen molar-refractivity contribution in [1.82, 2.24) is 15.5 Å². The molecule has 1 aromatic rings. The van der Waals surface area contributed by atoms with Crippen LogP contribution in [0.4, 0.5) is 5.13 Å². The molecule has 0 saturated heterocycles. The Labute approximate surface area is 117 Å². The Morgan fingerprint density at radius 1 is 1.58 bits per heavy atom. The predicted octanol–water partition coefficient (Wildman–Crippen LogP) is -0.400. The third-order valence-corrected chi connectivity index (χ3v) is 3.67. The molecule has 1 heterocycles. The number of hydrogen-bond donors (Lipinski definition) is 1. The van der Waals surface area contributed by atoms with Gasteiger partial charge in [-0.1, -0.05) is 11.3 Å². The van der Waals surface area contributed by atoms with Crippen LogP contribution >= 0.6 is 11.3 Å². The summed E-state index contributed by atoms with van der Waals surface area (Å²) in [6.07, 6.45) is 0. The van der Waals surface area contributed by atoms with Crippen LogP contribution in [-0.4, -0.2) is 51.2 Å². The minimum absolute atomic E-state index is 0.0440. The van der Waals surface area contributed by atoms with Crippen LogP contribution in [0, 0.1) is 6.92 Å². The molecule has 0 bridgehead atoms. The van der Waals surface area contributed by atoms with Crippen molar-refractivity contribution in [2.24, 2.45) is 0 Å². The second kappa shape index (κ2) is 8.15. The molecular formula is C9H15N4O4S2-. The summed E-state index contributed by atoms with van der Waals surface area (Å²) in [5, 5.41) is 11.3. The molecule has 1 atom stereocenters. The summed E-state index contributed by atoms with van der Waals surface area (Å²) in [6.45, 7) is 4.31. The van der Waals surface area contributed by atoms with Crippen molar-refractivity contribution in [3.05, 3.63) is 5.01 Å². The van der Waals surface area contributed by atoms with Gasteiger partial charge in [0.15, 0.2) is 0 Å². The number of esters is 1. The highest BCUT2D eigenvalue weighted by atomic mass is 32.2. The Bertz CT molecular complexity index is 440. The van der Waals surface area contributed by atoms with Gasteiger partial charge in [0.2, 0.25) is 5.13 Å². The third kappa shape index (κ3) is 5.59. The lowest BCUT2D eigenvalue weighted by molar-refractivity contribution is -0.141. The van der Waals surface area contributed by atoms with Crippen molar-refractivity contribution in [3.8, 4) is 0 Å². The van der Waals surface area contributed by atoms with Crippen LogP contribution in [0.1, 0.15) is 11.9 Å². The van der Waals surface area contributed by atoms with E-state index in [1.165, 1.54) is 11.3 Å². The zero-order chi connectivity index (χ0) is 14.3. The standard InChI is InChI=1S/C9H16N4O4S2/c1-3-17-8(14)6-10-4-5-13(19(15)16)9-12-11-7(2)18-9/h10H,3-6H2,1-2H3,(H,15,16)/p-1. The molecule has 10 heteroatoms. The van der Waals surface area contributed by atoms with Gasteiger partial charge in [-0.2, -0.15) is 0 Å². The molecule has 19 heavy (non-hydrogen) atoms. The number of aromatic nitrogens is 2. The molecule has 0 aliphatic carbocycles. The molecule has 0 radical (unpaired) electrons. The van der Waals surface area contributed by atoms with Crippen LogP contribution in [0.3, 0.4) is 0 Å². The Morgan fingerprint density at radius 2 is 2.32 bits per heavy atom. The molecule has 0 fully saturated rings.